The van der Waals surface area contributed by atoms with E-state index in [1.54, 1.807) is 0 Å². The molecule has 5 rings (SSSR count). The molecule has 1 N–H and O–H groups in total. The second kappa shape index (κ2) is 4.53. The number of imidazole rings is 1. The average Bonchev–Trinajstić information content (AvgIpc) is 3.10. The van der Waals surface area contributed by atoms with Crippen LogP contribution in [0.1, 0.15) is 24.1 Å². The zero-order valence-electron chi connectivity index (χ0n) is 12.3. The summed E-state index contributed by atoms with van der Waals surface area (Å²) in [5.41, 5.74) is 5.55. The molecule has 0 amide bonds. The predicted molar refractivity (Wildman–Crippen MR) is 86.0 cm³/mol. The molecule has 0 atom stereocenters. The van der Waals surface area contributed by atoms with Crippen LogP contribution in [-0.2, 0) is 12.8 Å². The molecule has 3 aromatic rings. The van der Waals surface area contributed by atoms with Gasteiger partial charge in [0.25, 0.3) is 0 Å². The summed E-state index contributed by atoms with van der Waals surface area (Å²) in [6, 6.07) is 8.14. The molecule has 0 bridgehead atoms. The molecule has 0 saturated carbocycles. The number of para-hydroxylation sites is 2. The molecule has 2 aromatic heterocycles. The van der Waals surface area contributed by atoms with Gasteiger partial charge in [0.15, 0.2) is 5.82 Å². The van der Waals surface area contributed by atoms with Gasteiger partial charge in [0, 0.05) is 24.3 Å². The fraction of sp³-hybridized carbons (Fsp3) is 0.353. The van der Waals surface area contributed by atoms with E-state index in [-0.39, 0.29) is 0 Å². The Labute approximate surface area is 128 Å². The second-order valence-electron chi connectivity index (χ2n) is 6.09. The lowest BCUT2D eigenvalue weighted by Gasteiger charge is -2.31. The summed E-state index contributed by atoms with van der Waals surface area (Å²) < 4.78 is 0. The van der Waals surface area contributed by atoms with Gasteiger partial charge in [-0.05, 0) is 37.8 Å². The Balaban J connectivity index is 1.70. The SMILES string of the molecule is c1ccc2[nH]c(-c3nc(N4CCC4)nc4c3CCC4)nc2c1. The van der Waals surface area contributed by atoms with Crippen molar-refractivity contribution in [2.24, 2.45) is 0 Å². The number of nitrogens with zero attached hydrogens (tertiary/aromatic N) is 4. The molecule has 1 aromatic carbocycles. The minimum absolute atomic E-state index is 0.877. The molecule has 1 fully saturated rings. The van der Waals surface area contributed by atoms with Gasteiger partial charge in [0.05, 0.1) is 11.0 Å². The van der Waals surface area contributed by atoms with Crippen LogP contribution in [0, 0.1) is 0 Å². The van der Waals surface area contributed by atoms with Crippen LogP contribution < -0.4 is 4.90 Å². The number of H-pyrrole nitrogens is 1. The first-order valence-electron chi connectivity index (χ1n) is 7.98. The number of aromatic nitrogens is 4. The van der Waals surface area contributed by atoms with Crippen LogP contribution in [0.4, 0.5) is 5.95 Å². The molecule has 1 aliphatic carbocycles. The predicted octanol–water partition coefficient (Wildman–Crippen LogP) is 2.72. The number of hydrogen-bond donors (Lipinski definition) is 1. The molecule has 0 unspecified atom stereocenters. The Hall–Kier alpha value is -2.43. The maximum absolute atomic E-state index is 4.85. The van der Waals surface area contributed by atoms with Crippen molar-refractivity contribution in [1.82, 2.24) is 19.9 Å². The second-order valence-corrected chi connectivity index (χ2v) is 6.09. The van der Waals surface area contributed by atoms with Crippen molar-refractivity contribution in [3.63, 3.8) is 0 Å². The summed E-state index contributed by atoms with van der Waals surface area (Å²) in [6.07, 6.45) is 4.52. The van der Waals surface area contributed by atoms with Crippen LogP contribution in [-0.4, -0.2) is 33.0 Å². The van der Waals surface area contributed by atoms with Crippen LogP contribution in [0.3, 0.4) is 0 Å². The first kappa shape index (κ1) is 12.1. The molecule has 0 spiro atoms. The maximum Gasteiger partial charge on any atom is 0.226 e. The number of aryl methyl sites for hydroxylation is 1. The van der Waals surface area contributed by atoms with Crippen molar-refractivity contribution in [2.45, 2.75) is 25.7 Å². The lowest BCUT2D eigenvalue weighted by Crippen LogP contribution is -2.38. The molecular weight excluding hydrogens is 274 g/mol. The van der Waals surface area contributed by atoms with Crippen LogP contribution >= 0.6 is 0 Å². The fourth-order valence-corrected chi connectivity index (χ4v) is 3.34. The highest BCUT2D eigenvalue weighted by atomic mass is 15.3. The highest BCUT2D eigenvalue weighted by molar-refractivity contribution is 5.79. The summed E-state index contributed by atoms with van der Waals surface area (Å²) in [5.74, 6) is 1.76. The number of fused-ring (bicyclic) bond motifs is 2. The van der Waals surface area contributed by atoms with Crippen molar-refractivity contribution in [2.75, 3.05) is 18.0 Å². The molecule has 22 heavy (non-hydrogen) atoms. The van der Waals surface area contributed by atoms with Crippen molar-refractivity contribution < 1.29 is 0 Å². The smallest absolute Gasteiger partial charge is 0.226 e. The standard InChI is InChI=1S/C17H17N5/c1-2-7-14-13(6-1)18-16(19-14)15-11-5-3-8-12(11)20-17(21-15)22-9-4-10-22/h1-2,6-7H,3-5,8-10H2,(H,18,19). The van der Waals surface area contributed by atoms with Gasteiger partial charge in [-0.15, -0.1) is 0 Å². The van der Waals surface area contributed by atoms with E-state index >= 15 is 0 Å². The monoisotopic (exact) mass is 291 g/mol. The Morgan fingerprint density at radius 2 is 1.86 bits per heavy atom. The summed E-state index contributed by atoms with van der Waals surface area (Å²) >= 11 is 0. The van der Waals surface area contributed by atoms with E-state index in [0.717, 1.165) is 54.4 Å². The highest BCUT2D eigenvalue weighted by Gasteiger charge is 2.25. The third kappa shape index (κ3) is 1.75. The van der Waals surface area contributed by atoms with Gasteiger partial charge in [-0.2, -0.15) is 0 Å². The Morgan fingerprint density at radius 3 is 2.68 bits per heavy atom. The average molecular weight is 291 g/mol. The van der Waals surface area contributed by atoms with Crippen molar-refractivity contribution in [3.05, 3.63) is 35.5 Å². The van der Waals surface area contributed by atoms with Crippen LogP contribution in [0.2, 0.25) is 0 Å². The lowest BCUT2D eigenvalue weighted by molar-refractivity contribution is 0.599. The Kier molecular flexibility index (Phi) is 2.50. The summed E-state index contributed by atoms with van der Waals surface area (Å²) in [6.45, 7) is 2.14. The molecule has 1 aliphatic heterocycles. The van der Waals surface area contributed by atoms with Crippen LogP contribution in [0.5, 0.6) is 0 Å². The lowest BCUT2D eigenvalue weighted by atomic mass is 10.1. The van der Waals surface area contributed by atoms with Gasteiger partial charge in [-0.3, -0.25) is 0 Å². The maximum atomic E-state index is 4.85. The first-order valence-corrected chi connectivity index (χ1v) is 7.98. The van der Waals surface area contributed by atoms with Gasteiger partial charge in [0.1, 0.15) is 5.69 Å². The van der Waals surface area contributed by atoms with Gasteiger partial charge in [-0.1, -0.05) is 12.1 Å². The van der Waals surface area contributed by atoms with Crippen LogP contribution in [0.15, 0.2) is 24.3 Å². The fourth-order valence-electron chi connectivity index (χ4n) is 3.34. The number of rotatable bonds is 2. The summed E-state index contributed by atoms with van der Waals surface area (Å²) in [4.78, 5) is 20.1. The van der Waals surface area contributed by atoms with Gasteiger partial charge in [-0.25, -0.2) is 15.0 Å². The number of hydrogen-bond acceptors (Lipinski definition) is 4. The quantitative estimate of drug-likeness (QED) is 0.788. The molecule has 2 aliphatic rings. The number of anilines is 1. The van der Waals surface area contributed by atoms with Crippen molar-refractivity contribution in [1.29, 1.82) is 0 Å². The first-order chi connectivity index (χ1) is 10.9. The molecule has 3 heterocycles. The Morgan fingerprint density at radius 1 is 0.955 bits per heavy atom. The number of aromatic amines is 1. The number of nitrogens with one attached hydrogen (secondary N) is 1. The normalized spacial score (nSPS) is 16.8. The molecule has 1 saturated heterocycles. The number of benzene rings is 1. The van der Waals surface area contributed by atoms with E-state index in [1.165, 1.54) is 24.1 Å². The summed E-state index contributed by atoms with van der Waals surface area (Å²) in [7, 11) is 0. The van der Waals surface area contributed by atoms with Gasteiger partial charge < -0.3 is 9.88 Å². The van der Waals surface area contributed by atoms with E-state index in [1.807, 2.05) is 18.2 Å². The van der Waals surface area contributed by atoms with Crippen molar-refractivity contribution in [3.8, 4) is 11.5 Å². The third-order valence-electron chi connectivity index (χ3n) is 4.67. The van der Waals surface area contributed by atoms with Crippen molar-refractivity contribution >= 4 is 17.0 Å². The molecule has 5 heteroatoms. The highest BCUT2D eigenvalue weighted by Crippen LogP contribution is 2.32. The Bertz CT molecular complexity index is 830. The minimum Gasteiger partial charge on any atom is -0.341 e. The molecule has 5 nitrogen and oxygen atoms in total. The topological polar surface area (TPSA) is 57.7 Å². The largest absolute Gasteiger partial charge is 0.341 e. The van der Waals surface area contributed by atoms with Gasteiger partial charge in [0.2, 0.25) is 5.95 Å². The van der Waals surface area contributed by atoms with E-state index < -0.39 is 0 Å². The van der Waals surface area contributed by atoms with E-state index in [0.29, 0.717) is 0 Å². The minimum atomic E-state index is 0.877. The molecular formula is C17H17N5. The third-order valence-corrected chi connectivity index (χ3v) is 4.67. The summed E-state index contributed by atoms with van der Waals surface area (Å²) in [5, 5.41) is 0. The zero-order chi connectivity index (χ0) is 14.5. The van der Waals surface area contributed by atoms with E-state index in [4.69, 9.17) is 15.0 Å². The van der Waals surface area contributed by atoms with Crippen LogP contribution in [0.25, 0.3) is 22.6 Å². The van der Waals surface area contributed by atoms with E-state index in [9.17, 15) is 0 Å². The zero-order valence-corrected chi connectivity index (χ0v) is 12.3. The van der Waals surface area contributed by atoms with Gasteiger partial charge >= 0.3 is 0 Å². The van der Waals surface area contributed by atoms with E-state index in [2.05, 4.69) is 16.0 Å². The molecule has 0 radical (unpaired) electrons. The molecule has 110 valence electrons.